The van der Waals surface area contributed by atoms with Crippen LogP contribution >= 0.6 is 0 Å². The number of carbonyl (C=O) groups is 2. The molecule has 43 heavy (non-hydrogen) atoms. The Kier molecular flexibility index (Phi) is 8.46. The van der Waals surface area contributed by atoms with E-state index in [9.17, 15) is 35.3 Å². The molecule has 11 nitrogen and oxygen atoms in total. The molecule has 0 radical (unpaired) electrons. The number of hydrogen-bond donors (Lipinski definition) is 6. The quantitative estimate of drug-likeness (QED) is 0.196. The number of hydrogen-bond acceptors (Lipinski definition) is 8. The fourth-order valence-electron chi connectivity index (χ4n) is 8.61. The Labute approximate surface area is 251 Å². The molecule has 4 aliphatic rings. The lowest BCUT2D eigenvalue weighted by atomic mass is 9.46. The zero-order valence-electron chi connectivity index (χ0n) is 24.6. The molecule has 11 heteroatoms. The minimum atomic E-state index is -1.71. The molecule has 0 heterocycles. The van der Waals surface area contributed by atoms with E-state index in [4.69, 9.17) is 11.3 Å². The first kappa shape index (κ1) is 31.2. The maximum absolute atomic E-state index is 12.5. The summed E-state index contributed by atoms with van der Waals surface area (Å²) in [7, 11) is 0. The van der Waals surface area contributed by atoms with Gasteiger partial charge >= 0.3 is 5.97 Å². The van der Waals surface area contributed by atoms with Crippen LogP contribution in [-0.4, -0.2) is 56.4 Å². The molecular weight excluding hydrogens is 554 g/mol. The van der Waals surface area contributed by atoms with Crippen LogP contribution in [0.2, 0.25) is 0 Å². The van der Waals surface area contributed by atoms with E-state index in [1.807, 2.05) is 0 Å². The van der Waals surface area contributed by atoms with Gasteiger partial charge in [-0.05, 0) is 86.2 Å². The summed E-state index contributed by atoms with van der Waals surface area (Å²) in [5, 5.41) is 57.0. The van der Waals surface area contributed by atoms with E-state index >= 15 is 0 Å². The van der Waals surface area contributed by atoms with Crippen molar-refractivity contribution in [3.63, 3.8) is 0 Å². The second kappa shape index (κ2) is 11.7. The zero-order chi connectivity index (χ0) is 31.2. The molecule has 0 saturated heterocycles. The topological polar surface area (TPSA) is 176 Å². The lowest BCUT2D eigenvalue weighted by Gasteiger charge is -2.58. The molecule has 0 aromatic heterocycles. The number of aliphatic hydroxyl groups excluding tert-OH is 1. The number of oxime groups is 1. The highest BCUT2D eigenvalue weighted by Gasteiger charge is 2.63. The average molecular weight is 596 g/mol. The molecule has 0 aliphatic heterocycles. The number of nitrogens with zero attached hydrogens (tertiary/aromatic N) is 1. The number of fused-ring (bicyclic) bond motifs is 5. The van der Waals surface area contributed by atoms with Crippen molar-refractivity contribution in [1.82, 2.24) is 5.32 Å². The Morgan fingerprint density at radius 1 is 1.21 bits per heavy atom. The Bertz CT molecular complexity index is 1370. The van der Waals surface area contributed by atoms with Crippen molar-refractivity contribution in [3.05, 3.63) is 46.7 Å². The Morgan fingerprint density at radius 3 is 2.65 bits per heavy atom. The third-order valence-electron chi connectivity index (χ3n) is 11.1. The minimum Gasteiger partial charge on any atom is -0.595 e. The Hall–Kier alpha value is -3.27. The predicted octanol–water partition coefficient (Wildman–Crippen LogP) is 2.39. The van der Waals surface area contributed by atoms with Crippen LogP contribution in [0.15, 0.2) is 41.1 Å². The van der Waals surface area contributed by atoms with E-state index < -0.39 is 41.5 Å². The summed E-state index contributed by atoms with van der Waals surface area (Å²) in [5.41, 5.74) is 0.746. The normalized spacial score (nSPS) is 36.2. The second-order valence-corrected chi connectivity index (χ2v) is 13.1. The molecule has 0 spiro atoms. The molecule has 1 aromatic rings. The van der Waals surface area contributed by atoms with E-state index in [2.05, 4.69) is 36.3 Å². The SMILES string of the molecule is C#C[C@]1(O)CCC2C3CCC4=CC(=NOCC(=O)NC(C(=O)O)C(O)c5cccc([NH+]([O-])O)c5)CC[C@]4(C)C3CC[C@@]21C. The second-order valence-electron chi connectivity index (χ2n) is 13.1. The number of benzene rings is 1. The van der Waals surface area contributed by atoms with Gasteiger partial charge in [0.15, 0.2) is 18.3 Å². The Morgan fingerprint density at radius 2 is 1.95 bits per heavy atom. The molecule has 1 aromatic carbocycles. The van der Waals surface area contributed by atoms with Gasteiger partial charge in [0.2, 0.25) is 0 Å². The molecule has 1 amide bonds. The largest absolute Gasteiger partial charge is 0.595 e. The first-order valence-electron chi connectivity index (χ1n) is 15.0. The first-order valence-corrected chi connectivity index (χ1v) is 15.0. The summed E-state index contributed by atoms with van der Waals surface area (Å²) in [5.74, 6) is 1.91. The van der Waals surface area contributed by atoms with Crippen LogP contribution in [-0.2, 0) is 14.4 Å². The highest BCUT2D eigenvalue weighted by atomic mass is 16.8. The van der Waals surface area contributed by atoms with Crippen molar-refractivity contribution in [2.75, 3.05) is 6.61 Å². The van der Waals surface area contributed by atoms with Crippen LogP contribution in [0.4, 0.5) is 5.69 Å². The number of nitrogens with one attached hydrogen (secondary N) is 2. The maximum atomic E-state index is 12.5. The van der Waals surface area contributed by atoms with Gasteiger partial charge in [0, 0.05) is 17.5 Å². The number of carbonyl (C=O) groups excluding carboxylic acids is 1. The summed E-state index contributed by atoms with van der Waals surface area (Å²) in [6, 6.07) is 3.53. The molecule has 0 bridgehead atoms. The molecule has 6 unspecified atom stereocenters. The number of quaternary nitrogens is 1. The lowest BCUT2D eigenvalue weighted by molar-refractivity contribution is -0.991. The number of carboxylic acids is 1. The minimum absolute atomic E-state index is 0.0281. The van der Waals surface area contributed by atoms with Gasteiger partial charge in [-0.1, -0.05) is 42.6 Å². The van der Waals surface area contributed by atoms with Crippen LogP contribution in [0.1, 0.15) is 76.9 Å². The van der Waals surface area contributed by atoms with Crippen molar-refractivity contribution < 1.29 is 40.2 Å². The van der Waals surface area contributed by atoms with Crippen molar-refractivity contribution in [2.24, 2.45) is 33.7 Å². The summed E-state index contributed by atoms with van der Waals surface area (Å²) < 4.78 is 0. The van der Waals surface area contributed by atoms with Gasteiger partial charge in [-0.15, -0.1) is 6.42 Å². The van der Waals surface area contributed by atoms with Crippen LogP contribution < -0.4 is 10.5 Å². The number of aliphatic carboxylic acids is 1. The average Bonchev–Trinajstić information content (AvgIpc) is 3.26. The number of aliphatic hydroxyl groups is 2. The van der Waals surface area contributed by atoms with Gasteiger partial charge in [-0.3, -0.25) is 4.79 Å². The molecule has 6 N–H and O–H groups in total. The smallest absolute Gasteiger partial charge is 0.329 e. The molecule has 3 fully saturated rings. The van der Waals surface area contributed by atoms with Crippen LogP contribution in [0.5, 0.6) is 0 Å². The summed E-state index contributed by atoms with van der Waals surface area (Å²) in [4.78, 5) is 29.6. The van der Waals surface area contributed by atoms with E-state index in [0.717, 1.165) is 50.3 Å². The fraction of sp³-hybridized carbons (Fsp3) is 0.594. The van der Waals surface area contributed by atoms with Gasteiger partial charge in [0.25, 0.3) is 5.91 Å². The van der Waals surface area contributed by atoms with Gasteiger partial charge in [0.1, 0.15) is 11.7 Å². The van der Waals surface area contributed by atoms with E-state index in [1.165, 1.54) is 23.8 Å². The maximum Gasteiger partial charge on any atom is 0.329 e. The fourth-order valence-corrected chi connectivity index (χ4v) is 8.61. The monoisotopic (exact) mass is 595 g/mol. The van der Waals surface area contributed by atoms with Crippen LogP contribution in [0.25, 0.3) is 0 Å². The highest BCUT2D eigenvalue weighted by molar-refractivity contribution is 5.96. The van der Waals surface area contributed by atoms with Crippen LogP contribution in [0.3, 0.4) is 0 Å². The van der Waals surface area contributed by atoms with Gasteiger partial charge in [0.05, 0.1) is 5.71 Å². The molecule has 232 valence electrons. The van der Waals surface area contributed by atoms with E-state index in [0.29, 0.717) is 30.6 Å². The number of carboxylic acid groups (broad SMARTS) is 1. The van der Waals surface area contributed by atoms with Crippen molar-refractivity contribution in [2.45, 2.75) is 83.0 Å². The van der Waals surface area contributed by atoms with Gasteiger partial charge in [-0.25, -0.2) is 10.0 Å². The predicted molar refractivity (Wildman–Crippen MR) is 156 cm³/mol. The zero-order valence-corrected chi connectivity index (χ0v) is 24.6. The van der Waals surface area contributed by atoms with Crippen molar-refractivity contribution in [1.29, 1.82) is 0 Å². The van der Waals surface area contributed by atoms with E-state index in [-0.39, 0.29) is 22.1 Å². The summed E-state index contributed by atoms with van der Waals surface area (Å²) in [6.07, 6.45) is 13.3. The van der Waals surface area contributed by atoms with E-state index in [1.54, 1.807) is 0 Å². The van der Waals surface area contributed by atoms with Crippen molar-refractivity contribution in [3.8, 4) is 12.3 Å². The lowest BCUT2D eigenvalue weighted by Crippen LogP contribution is -2.99. The number of amides is 1. The van der Waals surface area contributed by atoms with Crippen LogP contribution in [0, 0.1) is 46.1 Å². The first-order chi connectivity index (χ1) is 20.3. The third kappa shape index (κ3) is 5.47. The highest BCUT2D eigenvalue weighted by Crippen LogP contribution is 2.67. The van der Waals surface area contributed by atoms with Gasteiger partial charge < -0.3 is 30.7 Å². The standard InChI is InChI=1S/C32H41N3O8/c1-4-32(40)15-12-25-23-9-8-20-17-21(10-13-30(20,2)24(23)11-14-31(25,32)3)34-43-18-26(36)33-27(29(38)39)28(37)19-6-5-7-22(16-19)35(41)42/h1,5-7,16-17,23-25,27-28,35,37,40-41H,8-15,18H2,2-3H3,(H,33,36)(H,38,39)/t23?,24?,25?,27?,28?,30-,31-,32-/m0/s1. The molecule has 4 aliphatic carbocycles. The summed E-state index contributed by atoms with van der Waals surface area (Å²) in [6.45, 7) is 3.98. The third-order valence-corrected chi connectivity index (χ3v) is 11.1. The molecule has 3 saturated carbocycles. The molecular formula is C32H41N3O8. The van der Waals surface area contributed by atoms with Gasteiger partial charge in [-0.2, -0.15) is 5.23 Å². The summed E-state index contributed by atoms with van der Waals surface area (Å²) >= 11 is 0. The molecule has 9 atom stereocenters. The molecule has 5 rings (SSSR count). The van der Waals surface area contributed by atoms with Crippen molar-refractivity contribution >= 4 is 23.3 Å². The number of allylic oxidation sites excluding steroid dienone is 2. The Balaban J connectivity index is 1.20. The number of terminal acetylenes is 1. The number of rotatable bonds is 8.